The normalized spacial score (nSPS) is 10.9. The van der Waals surface area contributed by atoms with Gasteiger partial charge in [0.2, 0.25) is 5.91 Å². The van der Waals surface area contributed by atoms with Crippen LogP contribution in [0.25, 0.3) is 0 Å². The van der Waals surface area contributed by atoms with Crippen molar-refractivity contribution in [3.05, 3.63) is 0 Å². The molecule has 0 aliphatic carbocycles. The quantitative estimate of drug-likeness (QED) is 0.636. The summed E-state index contributed by atoms with van der Waals surface area (Å²) in [5.74, 6) is -0.523. The monoisotopic (exact) mass is 202 g/mol. The molecule has 0 radical (unpaired) electrons. The zero-order valence-electron chi connectivity index (χ0n) is 9.13. The van der Waals surface area contributed by atoms with Crippen molar-refractivity contribution >= 4 is 11.8 Å². The molecule has 0 aliphatic heterocycles. The van der Waals surface area contributed by atoms with Crippen molar-refractivity contribution < 1.29 is 14.7 Å². The fraction of sp³-hybridized carbons (Fsp3) is 0.778. The van der Waals surface area contributed by atoms with E-state index in [0.717, 1.165) is 0 Å². The van der Waals surface area contributed by atoms with Crippen molar-refractivity contribution in [1.82, 2.24) is 10.2 Å². The molecule has 0 aromatic carbocycles. The highest BCUT2D eigenvalue weighted by molar-refractivity contribution is 5.84. The minimum absolute atomic E-state index is 0.0546. The van der Waals surface area contributed by atoms with Crippen molar-refractivity contribution in [3.63, 3.8) is 0 Å². The van der Waals surface area contributed by atoms with Gasteiger partial charge in [0.1, 0.15) is 5.60 Å². The minimum Gasteiger partial charge on any atom is -0.381 e. The molecular weight excluding hydrogens is 184 g/mol. The van der Waals surface area contributed by atoms with Crippen LogP contribution in [0.4, 0.5) is 0 Å². The smallest absolute Gasteiger partial charge is 0.251 e. The molecular formula is C9H18N2O3. The Balaban J connectivity index is 3.76. The first-order valence-electron chi connectivity index (χ1n) is 4.46. The molecule has 0 spiro atoms. The van der Waals surface area contributed by atoms with Crippen LogP contribution in [-0.4, -0.2) is 48.1 Å². The van der Waals surface area contributed by atoms with Gasteiger partial charge in [-0.25, -0.2) is 0 Å². The van der Waals surface area contributed by atoms with Crippen LogP contribution in [-0.2, 0) is 9.59 Å². The molecule has 0 unspecified atom stereocenters. The molecule has 2 N–H and O–H groups in total. The van der Waals surface area contributed by atoms with E-state index in [9.17, 15) is 14.7 Å². The number of nitrogens with one attached hydrogen (secondary N) is 1. The minimum atomic E-state index is -1.39. The lowest BCUT2D eigenvalue weighted by atomic mass is 10.1. The van der Waals surface area contributed by atoms with E-state index >= 15 is 0 Å². The molecule has 0 atom stereocenters. The second-order valence-corrected chi connectivity index (χ2v) is 3.85. The summed E-state index contributed by atoms with van der Waals surface area (Å²) in [6, 6.07) is 0. The van der Waals surface area contributed by atoms with E-state index in [1.807, 2.05) is 0 Å². The van der Waals surface area contributed by atoms with Crippen LogP contribution < -0.4 is 5.32 Å². The maximum atomic E-state index is 11.1. The Morgan fingerprint density at radius 3 is 2.21 bits per heavy atom. The van der Waals surface area contributed by atoms with Gasteiger partial charge < -0.3 is 15.3 Å². The standard InChI is InChI=1S/C9H18N2O3/c1-9(2,14)8(13)10-6-5-7(12)11(3)4/h14H,5-6H2,1-4H3,(H,10,13). The molecule has 0 heterocycles. The highest BCUT2D eigenvalue weighted by Gasteiger charge is 2.23. The van der Waals surface area contributed by atoms with Gasteiger partial charge in [0, 0.05) is 27.1 Å². The molecule has 0 aromatic heterocycles. The number of rotatable bonds is 4. The number of nitrogens with zero attached hydrogens (tertiary/aromatic N) is 1. The first kappa shape index (κ1) is 12.9. The Hall–Kier alpha value is -1.10. The zero-order chi connectivity index (χ0) is 11.4. The SMILES string of the molecule is CN(C)C(=O)CCNC(=O)C(C)(C)O. The fourth-order valence-electron chi connectivity index (χ4n) is 0.723. The Morgan fingerprint density at radius 2 is 1.86 bits per heavy atom. The number of hydrogen-bond donors (Lipinski definition) is 2. The van der Waals surface area contributed by atoms with E-state index in [-0.39, 0.29) is 18.9 Å². The van der Waals surface area contributed by atoms with Crippen molar-refractivity contribution in [2.75, 3.05) is 20.6 Å². The maximum absolute atomic E-state index is 11.1. The predicted octanol–water partition coefficient (Wildman–Crippen LogP) is -0.648. The van der Waals surface area contributed by atoms with E-state index in [2.05, 4.69) is 5.32 Å². The molecule has 82 valence electrons. The molecule has 2 amide bonds. The van der Waals surface area contributed by atoms with Crippen LogP contribution in [0.3, 0.4) is 0 Å². The lowest BCUT2D eigenvalue weighted by Gasteiger charge is -2.17. The van der Waals surface area contributed by atoms with E-state index in [1.165, 1.54) is 18.7 Å². The van der Waals surface area contributed by atoms with E-state index < -0.39 is 11.5 Å². The summed E-state index contributed by atoms with van der Waals surface area (Å²) < 4.78 is 0. The average molecular weight is 202 g/mol. The van der Waals surface area contributed by atoms with Gasteiger partial charge in [-0.2, -0.15) is 0 Å². The second kappa shape index (κ2) is 4.95. The Morgan fingerprint density at radius 1 is 1.36 bits per heavy atom. The Bertz CT molecular complexity index is 219. The Labute approximate surface area is 84.1 Å². The fourth-order valence-corrected chi connectivity index (χ4v) is 0.723. The lowest BCUT2D eigenvalue weighted by Crippen LogP contribution is -2.43. The summed E-state index contributed by atoms with van der Waals surface area (Å²) in [4.78, 5) is 23.7. The van der Waals surface area contributed by atoms with Crippen molar-refractivity contribution in [2.45, 2.75) is 25.9 Å². The molecule has 5 nitrogen and oxygen atoms in total. The predicted molar refractivity (Wildman–Crippen MR) is 52.6 cm³/mol. The van der Waals surface area contributed by atoms with Gasteiger partial charge in [-0.15, -0.1) is 0 Å². The van der Waals surface area contributed by atoms with Gasteiger partial charge in [-0.1, -0.05) is 0 Å². The lowest BCUT2D eigenvalue weighted by molar-refractivity contribution is -0.136. The van der Waals surface area contributed by atoms with Crippen molar-refractivity contribution in [3.8, 4) is 0 Å². The van der Waals surface area contributed by atoms with Gasteiger partial charge >= 0.3 is 0 Å². The molecule has 0 aliphatic rings. The number of amides is 2. The van der Waals surface area contributed by atoms with Crippen LogP contribution in [0.1, 0.15) is 20.3 Å². The second-order valence-electron chi connectivity index (χ2n) is 3.85. The third-order valence-corrected chi connectivity index (χ3v) is 1.68. The van der Waals surface area contributed by atoms with Crippen LogP contribution in [0.5, 0.6) is 0 Å². The molecule has 14 heavy (non-hydrogen) atoms. The van der Waals surface area contributed by atoms with Gasteiger partial charge in [-0.3, -0.25) is 9.59 Å². The van der Waals surface area contributed by atoms with E-state index in [4.69, 9.17) is 0 Å². The summed E-state index contributed by atoms with van der Waals surface area (Å²) in [6.07, 6.45) is 0.245. The largest absolute Gasteiger partial charge is 0.381 e. The van der Waals surface area contributed by atoms with Crippen LogP contribution >= 0.6 is 0 Å². The summed E-state index contributed by atoms with van der Waals surface area (Å²) in [6.45, 7) is 3.05. The van der Waals surface area contributed by atoms with E-state index in [0.29, 0.717) is 0 Å². The third-order valence-electron chi connectivity index (χ3n) is 1.68. The van der Waals surface area contributed by atoms with E-state index in [1.54, 1.807) is 14.1 Å². The van der Waals surface area contributed by atoms with Gasteiger partial charge in [-0.05, 0) is 13.8 Å². The number of carbonyl (C=O) groups excluding carboxylic acids is 2. The summed E-state index contributed by atoms with van der Waals surface area (Å²) in [7, 11) is 3.31. The number of hydrogen-bond acceptors (Lipinski definition) is 3. The topological polar surface area (TPSA) is 69.6 Å². The first-order valence-corrected chi connectivity index (χ1v) is 4.46. The van der Waals surface area contributed by atoms with Crippen LogP contribution in [0.2, 0.25) is 0 Å². The first-order chi connectivity index (χ1) is 6.25. The number of carbonyl (C=O) groups is 2. The zero-order valence-corrected chi connectivity index (χ0v) is 9.13. The molecule has 0 aromatic rings. The molecule has 0 fully saturated rings. The van der Waals surface area contributed by atoms with Gasteiger partial charge in [0.05, 0.1) is 0 Å². The molecule has 5 heteroatoms. The summed E-state index contributed by atoms with van der Waals surface area (Å²) in [5, 5.41) is 11.7. The summed E-state index contributed by atoms with van der Waals surface area (Å²) >= 11 is 0. The highest BCUT2D eigenvalue weighted by atomic mass is 16.3. The summed E-state index contributed by atoms with van der Waals surface area (Å²) in [5.41, 5.74) is -1.39. The van der Waals surface area contributed by atoms with Gasteiger partial charge in [0.15, 0.2) is 0 Å². The van der Waals surface area contributed by atoms with Crippen molar-refractivity contribution in [1.29, 1.82) is 0 Å². The van der Waals surface area contributed by atoms with Crippen LogP contribution in [0, 0.1) is 0 Å². The Kier molecular flexibility index (Phi) is 4.56. The highest BCUT2D eigenvalue weighted by Crippen LogP contribution is 1.99. The molecule has 0 bridgehead atoms. The average Bonchev–Trinajstić information content (AvgIpc) is 2.01. The molecule has 0 saturated heterocycles. The van der Waals surface area contributed by atoms with Crippen molar-refractivity contribution in [2.24, 2.45) is 0 Å². The van der Waals surface area contributed by atoms with Crippen LogP contribution in [0.15, 0.2) is 0 Å². The molecule has 0 rings (SSSR count). The maximum Gasteiger partial charge on any atom is 0.251 e. The van der Waals surface area contributed by atoms with Gasteiger partial charge in [0.25, 0.3) is 5.91 Å². The number of aliphatic hydroxyl groups is 1. The third kappa shape index (κ3) is 4.81. The molecule has 0 saturated carbocycles.